The van der Waals surface area contributed by atoms with E-state index in [0.717, 1.165) is 0 Å². The minimum atomic E-state index is -3.20. The van der Waals surface area contributed by atoms with Gasteiger partial charge in [0.05, 0.1) is 10.6 Å². The zero-order valence-electron chi connectivity index (χ0n) is 15.6. The molecule has 1 aliphatic rings. The number of hydrogen-bond donors (Lipinski definition) is 2. The number of nitrogens with zero attached hydrogens (tertiary/aromatic N) is 5. The van der Waals surface area contributed by atoms with Crippen molar-refractivity contribution < 1.29 is 17.2 Å². The van der Waals surface area contributed by atoms with E-state index in [4.69, 9.17) is 0 Å². The molecule has 28 heavy (non-hydrogen) atoms. The molecule has 0 saturated carbocycles. The molecule has 1 unspecified atom stereocenters. The van der Waals surface area contributed by atoms with Crippen LogP contribution in [0.25, 0.3) is 0 Å². The molecule has 1 fully saturated rings. The second-order valence-corrected chi connectivity index (χ2v) is 9.42. The van der Waals surface area contributed by atoms with E-state index in [1.54, 1.807) is 38.1 Å². The van der Waals surface area contributed by atoms with Crippen LogP contribution in [0.3, 0.4) is 0 Å². The van der Waals surface area contributed by atoms with Gasteiger partial charge in [-0.1, -0.05) is 6.07 Å². The van der Waals surface area contributed by atoms with Gasteiger partial charge in [0.2, 0.25) is 21.9 Å². The van der Waals surface area contributed by atoms with Crippen molar-refractivity contribution in [2.24, 2.45) is 0 Å². The maximum absolute atomic E-state index is 12.0. The summed E-state index contributed by atoms with van der Waals surface area (Å²) in [5, 5.41) is 3.02. The average molecular weight is 427 g/mol. The molecule has 0 amide bonds. The predicted molar refractivity (Wildman–Crippen MR) is 107 cm³/mol. The molecule has 1 saturated heterocycles. The van der Waals surface area contributed by atoms with Crippen LogP contribution in [0, 0.1) is 6.92 Å². The molecule has 1 aliphatic heterocycles. The zero-order valence-corrected chi connectivity index (χ0v) is 17.2. The summed E-state index contributed by atoms with van der Waals surface area (Å²) in [5.41, 5.74) is 0.579. The average Bonchev–Trinajstić information content (AvgIpc) is 2.68. The molecule has 1 aromatic heterocycles. The lowest BCUT2D eigenvalue weighted by Crippen LogP contribution is -2.49. The molecule has 1 aromatic carbocycles. The highest BCUT2D eigenvalue weighted by atomic mass is 32.2. The zero-order chi connectivity index (χ0) is 20.3. The van der Waals surface area contributed by atoms with E-state index in [-0.39, 0.29) is 10.6 Å². The molecule has 0 bridgehead atoms. The number of sulfonamides is 1. The highest BCUT2D eigenvalue weighted by molar-refractivity contribution is 7.89. The number of benzene rings is 1. The molecule has 2 aromatic rings. The van der Waals surface area contributed by atoms with Gasteiger partial charge in [-0.2, -0.15) is 19.3 Å². The fourth-order valence-corrected chi connectivity index (χ4v) is 4.33. The van der Waals surface area contributed by atoms with Gasteiger partial charge in [-0.25, -0.2) is 12.6 Å². The van der Waals surface area contributed by atoms with Crippen LogP contribution < -0.4 is 10.2 Å². The van der Waals surface area contributed by atoms with E-state index in [9.17, 15) is 17.2 Å². The molecule has 1 atom stereocenters. The van der Waals surface area contributed by atoms with Gasteiger partial charge in [0.25, 0.3) is 0 Å². The van der Waals surface area contributed by atoms with Crippen molar-refractivity contribution in [2.75, 3.05) is 42.1 Å². The molecule has 0 spiro atoms. The van der Waals surface area contributed by atoms with Crippen molar-refractivity contribution in [1.82, 2.24) is 19.3 Å². The topological polar surface area (TPSA) is 129 Å². The van der Waals surface area contributed by atoms with E-state index in [1.165, 1.54) is 4.31 Å². The molecule has 12 heteroatoms. The van der Waals surface area contributed by atoms with Crippen molar-refractivity contribution in [3.8, 4) is 0 Å². The first-order valence-electron chi connectivity index (χ1n) is 8.72. The van der Waals surface area contributed by atoms with Crippen LogP contribution in [0.5, 0.6) is 0 Å². The van der Waals surface area contributed by atoms with Gasteiger partial charge in [-0.3, -0.25) is 0 Å². The molecule has 0 aliphatic carbocycles. The number of piperazine rings is 1. The second kappa shape index (κ2) is 8.47. The minimum Gasteiger partial charge on any atom is -0.338 e. The largest absolute Gasteiger partial charge is 0.338 e. The number of aromatic nitrogens is 3. The van der Waals surface area contributed by atoms with Crippen LogP contribution in [-0.4, -0.2) is 68.4 Å². The van der Waals surface area contributed by atoms with Gasteiger partial charge in [0.1, 0.15) is 5.82 Å². The number of anilines is 3. The molecular weight excluding hydrogens is 404 g/mol. The summed E-state index contributed by atoms with van der Waals surface area (Å²) in [6.45, 7) is 5.12. The minimum absolute atomic E-state index is 0.0869. The fourth-order valence-electron chi connectivity index (χ4n) is 2.83. The van der Waals surface area contributed by atoms with Crippen molar-refractivity contribution in [1.29, 1.82) is 0 Å². The van der Waals surface area contributed by atoms with E-state index in [0.29, 0.717) is 49.6 Å². The molecular formula is C16H22N6O4S2. The second-order valence-electron chi connectivity index (χ2n) is 6.19. The Balaban J connectivity index is 1.76. The van der Waals surface area contributed by atoms with Gasteiger partial charge in [0, 0.05) is 31.9 Å². The van der Waals surface area contributed by atoms with E-state index < -0.39 is 21.1 Å². The SMILES string of the molecule is CCS(=O)(=O)N1CCN(c2nc(C)nc(Nc3cccc(S(=O)O)c3)n2)CC1. The van der Waals surface area contributed by atoms with Crippen molar-refractivity contribution in [3.63, 3.8) is 0 Å². The summed E-state index contributed by atoms with van der Waals surface area (Å²) >= 11 is -2.08. The smallest absolute Gasteiger partial charge is 0.232 e. The Labute approximate surface area is 166 Å². The highest BCUT2D eigenvalue weighted by Gasteiger charge is 2.26. The summed E-state index contributed by atoms with van der Waals surface area (Å²) in [6.07, 6.45) is 0. The maximum Gasteiger partial charge on any atom is 0.232 e. The summed E-state index contributed by atoms with van der Waals surface area (Å²) in [4.78, 5) is 15.2. The normalized spacial score (nSPS) is 16.8. The summed E-state index contributed by atoms with van der Waals surface area (Å²) in [6, 6.07) is 6.50. The van der Waals surface area contributed by atoms with Crippen molar-refractivity contribution in [3.05, 3.63) is 30.1 Å². The number of aryl methyl sites for hydroxylation is 1. The van der Waals surface area contributed by atoms with Gasteiger partial charge in [-0.15, -0.1) is 0 Å². The van der Waals surface area contributed by atoms with Crippen LogP contribution in [0.4, 0.5) is 17.6 Å². The van der Waals surface area contributed by atoms with E-state index in [1.807, 2.05) is 4.90 Å². The Bertz CT molecular complexity index is 977. The summed E-state index contributed by atoms with van der Waals surface area (Å²) < 4.78 is 45.9. The van der Waals surface area contributed by atoms with Crippen LogP contribution in [0.2, 0.25) is 0 Å². The third kappa shape index (κ3) is 4.82. The maximum atomic E-state index is 12.0. The third-order valence-electron chi connectivity index (χ3n) is 4.31. The first-order chi connectivity index (χ1) is 13.3. The third-order valence-corrected chi connectivity index (χ3v) is 6.85. The Morgan fingerprint density at radius 3 is 2.54 bits per heavy atom. The number of hydrogen-bond acceptors (Lipinski definition) is 8. The summed E-state index contributed by atoms with van der Waals surface area (Å²) in [7, 11) is -3.20. The van der Waals surface area contributed by atoms with Crippen molar-refractivity contribution in [2.45, 2.75) is 18.7 Å². The molecule has 10 nitrogen and oxygen atoms in total. The Kier molecular flexibility index (Phi) is 6.23. The Morgan fingerprint density at radius 2 is 1.89 bits per heavy atom. The lowest BCUT2D eigenvalue weighted by Gasteiger charge is -2.33. The first kappa shape index (κ1) is 20.6. The molecule has 152 valence electrons. The van der Waals surface area contributed by atoms with E-state index in [2.05, 4.69) is 20.3 Å². The van der Waals surface area contributed by atoms with Crippen LogP contribution >= 0.6 is 0 Å². The van der Waals surface area contributed by atoms with Gasteiger partial charge in [0.15, 0.2) is 11.1 Å². The standard InChI is InChI=1S/C16H22N6O4S2/c1-3-28(25,26)22-9-7-21(8-10-22)16-18-12(2)17-15(20-16)19-13-5-4-6-14(11-13)27(23)24/h4-6,11H,3,7-10H2,1-2H3,(H,23,24)(H,17,18,19,20). The quantitative estimate of drug-likeness (QED) is 0.649. The summed E-state index contributed by atoms with van der Waals surface area (Å²) in [5.74, 6) is 1.37. The van der Waals surface area contributed by atoms with Gasteiger partial charge >= 0.3 is 0 Å². The molecule has 3 rings (SSSR count). The Hall–Kier alpha value is -2.15. The molecule has 0 radical (unpaired) electrons. The number of rotatable bonds is 6. The molecule has 2 N–H and O–H groups in total. The Morgan fingerprint density at radius 1 is 1.18 bits per heavy atom. The lowest BCUT2D eigenvalue weighted by molar-refractivity contribution is 0.383. The lowest BCUT2D eigenvalue weighted by atomic mass is 10.3. The van der Waals surface area contributed by atoms with Crippen LogP contribution in [0.1, 0.15) is 12.7 Å². The first-order valence-corrected chi connectivity index (χ1v) is 11.4. The van der Waals surface area contributed by atoms with Gasteiger partial charge in [-0.05, 0) is 32.0 Å². The highest BCUT2D eigenvalue weighted by Crippen LogP contribution is 2.19. The van der Waals surface area contributed by atoms with E-state index >= 15 is 0 Å². The van der Waals surface area contributed by atoms with Crippen LogP contribution in [0.15, 0.2) is 29.2 Å². The van der Waals surface area contributed by atoms with Crippen LogP contribution in [-0.2, 0) is 21.1 Å². The van der Waals surface area contributed by atoms with Crippen molar-refractivity contribution >= 4 is 38.7 Å². The monoisotopic (exact) mass is 426 g/mol. The number of nitrogens with one attached hydrogen (secondary N) is 1. The predicted octanol–water partition coefficient (Wildman–Crippen LogP) is 0.976. The fraction of sp³-hybridized carbons (Fsp3) is 0.438. The van der Waals surface area contributed by atoms with Gasteiger partial charge < -0.3 is 14.8 Å². The molecule has 2 heterocycles.